The molecule has 0 spiro atoms. The highest BCUT2D eigenvalue weighted by atomic mass is 19.3. The second-order valence-electron chi connectivity index (χ2n) is 5.48. The summed E-state index contributed by atoms with van der Waals surface area (Å²) in [6, 6.07) is 6.78. The number of halogens is 2. The molecule has 0 unspecified atom stereocenters. The van der Waals surface area contributed by atoms with E-state index in [9.17, 15) is 13.6 Å². The zero-order valence-corrected chi connectivity index (χ0v) is 13.1. The zero-order valence-electron chi connectivity index (χ0n) is 13.1. The Bertz CT molecular complexity index is 514. The van der Waals surface area contributed by atoms with Crippen molar-refractivity contribution >= 4 is 5.91 Å². The van der Waals surface area contributed by atoms with Crippen molar-refractivity contribution in [1.82, 2.24) is 10.2 Å². The molecule has 1 aliphatic heterocycles. The van der Waals surface area contributed by atoms with Crippen molar-refractivity contribution in [3.8, 4) is 5.75 Å². The summed E-state index contributed by atoms with van der Waals surface area (Å²) in [5.74, 6) is 0.381. The van der Waals surface area contributed by atoms with Gasteiger partial charge in [0.25, 0.3) is 12.3 Å². The fraction of sp³-hybridized carbons (Fsp3) is 0.562. The summed E-state index contributed by atoms with van der Waals surface area (Å²) in [6.45, 7) is 1.68. The topological polar surface area (TPSA) is 50.8 Å². The SMILES string of the molecule is COCCOc1cccc(C(=O)N[C@H]2CCN(CC(F)F)C2)c1. The van der Waals surface area contributed by atoms with Gasteiger partial charge in [0.2, 0.25) is 0 Å². The first kappa shape index (κ1) is 17.6. The Labute approximate surface area is 134 Å². The summed E-state index contributed by atoms with van der Waals surface area (Å²) >= 11 is 0. The molecule has 0 aromatic heterocycles. The van der Waals surface area contributed by atoms with Crippen LogP contribution in [0.3, 0.4) is 0 Å². The molecule has 1 heterocycles. The van der Waals surface area contributed by atoms with Crippen LogP contribution in [0, 0.1) is 0 Å². The number of ether oxygens (including phenoxy) is 2. The third-order valence-corrected chi connectivity index (χ3v) is 3.66. The molecule has 0 radical (unpaired) electrons. The summed E-state index contributed by atoms with van der Waals surface area (Å²) < 4.78 is 35.1. The van der Waals surface area contributed by atoms with Gasteiger partial charge in [0.15, 0.2) is 0 Å². The number of likely N-dealkylation sites (tertiary alicyclic amines) is 1. The van der Waals surface area contributed by atoms with E-state index in [2.05, 4.69) is 5.32 Å². The van der Waals surface area contributed by atoms with Crippen LogP contribution in [0.15, 0.2) is 24.3 Å². The highest BCUT2D eigenvalue weighted by molar-refractivity contribution is 5.94. The van der Waals surface area contributed by atoms with Crippen molar-refractivity contribution in [2.24, 2.45) is 0 Å². The molecule has 1 N–H and O–H groups in total. The van der Waals surface area contributed by atoms with E-state index in [0.717, 1.165) is 0 Å². The minimum Gasteiger partial charge on any atom is -0.491 e. The first-order valence-corrected chi connectivity index (χ1v) is 7.61. The van der Waals surface area contributed by atoms with Crippen molar-refractivity contribution in [2.45, 2.75) is 18.9 Å². The van der Waals surface area contributed by atoms with Gasteiger partial charge in [-0.1, -0.05) is 6.07 Å². The third-order valence-electron chi connectivity index (χ3n) is 3.66. The lowest BCUT2D eigenvalue weighted by Crippen LogP contribution is -2.37. The molecule has 1 amide bonds. The molecule has 1 aromatic rings. The van der Waals surface area contributed by atoms with Crippen molar-refractivity contribution in [1.29, 1.82) is 0 Å². The predicted molar refractivity (Wildman–Crippen MR) is 82.1 cm³/mol. The molecule has 1 aliphatic rings. The van der Waals surface area contributed by atoms with Crippen molar-refractivity contribution < 1.29 is 23.0 Å². The molecule has 128 valence electrons. The van der Waals surface area contributed by atoms with E-state index in [1.54, 1.807) is 36.3 Å². The Balaban J connectivity index is 1.85. The Morgan fingerprint density at radius 2 is 2.26 bits per heavy atom. The summed E-state index contributed by atoms with van der Waals surface area (Å²) in [6.07, 6.45) is -1.66. The maximum Gasteiger partial charge on any atom is 0.251 e. The summed E-state index contributed by atoms with van der Waals surface area (Å²) in [4.78, 5) is 13.9. The summed E-state index contributed by atoms with van der Waals surface area (Å²) in [5.41, 5.74) is 0.493. The number of hydrogen-bond acceptors (Lipinski definition) is 4. The minimum absolute atomic E-state index is 0.0979. The Morgan fingerprint density at radius 3 is 3.00 bits per heavy atom. The number of rotatable bonds is 8. The molecule has 1 saturated heterocycles. The first-order valence-electron chi connectivity index (χ1n) is 7.61. The number of methoxy groups -OCH3 is 1. The molecule has 1 fully saturated rings. The molecular formula is C16H22F2N2O3. The van der Waals surface area contributed by atoms with Gasteiger partial charge >= 0.3 is 0 Å². The van der Waals surface area contributed by atoms with Gasteiger partial charge in [-0.05, 0) is 24.6 Å². The van der Waals surface area contributed by atoms with Gasteiger partial charge in [-0.15, -0.1) is 0 Å². The molecule has 5 nitrogen and oxygen atoms in total. The van der Waals surface area contributed by atoms with Crippen LogP contribution in [0.1, 0.15) is 16.8 Å². The quantitative estimate of drug-likeness (QED) is 0.739. The standard InChI is InChI=1S/C16H22F2N2O3/c1-22-7-8-23-14-4-2-3-12(9-14)16(21)19-13-5-6-20(10-13)11-15(17)18/h2-4,9,13,15H,5-8,10-11H2,1H3,(H,19,21)/t13-/m0/s1. The van der Waals surface area contributed by atoms with Crippen molar-refractivity contribution in [3.05, 3.63) is 29.8 Å². The highest BCUT2D eigenvalue weighted by Gasteiger charge is 2.26. The van der Waals surface area contributed by atoms with Gasteiger partial charge in [0, 0.05) is 31.8 Å². The largest absolute Gasteiger partial charge is 0.491 e. The summed E-state index contributed by atoms with van der Waals surface area (Å²) in [7, 11) is 1.59. The van der Waals surface area contributed by atoms with Crippen LogP contribution in [-0.2, 0) is 4.74 Å². The smallest absolute Gasteiger partial charge is 0.251 e. The average Bonchev–Trinajstić information content (AvgIpc) is 2.94. The molecule has 0 aliphatic carbocycles. The number of benzene rings is 1. The lowest BCUT2D eigenvalue weighted by atomic mass is 10.1. The normalized spacial score (nSPS) is 18.3. The van der Waals surface area contributed by atoms with Gasteiger partial charge in [-0.25, -0.2) is 8.78 Å². The van der Waals surface area contributed by atoms with Crippen LogP contribution >= 0.6 is 0 Å². The van der Waals surface area contributed by atoms with Gasteiger partial charge in [-0.2, -0.15) is 0 Å². The van der Waals surface area contributed by atoms with Crippen molar-refractivity contribution in [3.63, 3.8) is 0 Å². The molecule has 1 atom stereocenters. The number of carbonyl (C=O) groups excluding carboxylic acids is 1. The second-order valence-corrected chi connectivity index (χ2v) is 5.48. The monoisotopic (exact) mass is 328 g/mol. The number of hydrogen-bond donors (Lipinski definition) is 1. The minimum atomic E-state index is -2.34. The third kappa shape index (κ3) is 5.76. The lowest BCUT2D eigenvalue weighted by molar-refractivity contribution is 0.0917. The molecule has 2 rings (SSSR count). The first-order chi connectivity index (χ1) is 11.1. The van der Waals surface area contributed by atoms with E-state index in [1.807, 2.05) is 0 Å². The second kappa shape index (κ2) is 8.79. The van der Waals surface area contributed by atoms with Crippen LogP contribution in [0.2, 0.25) is 0 Å². The van der Waals surface area contributed by atoms with E-state index < -0.39 is 6.43 Å². The highest BCUT2D eigenvalue weighted by Crippen LogP contribution is 2.15. The Hall–Kier alpha value is -1.73. The lowest BCUT2D eigenvalue weighted by Gasteiger charge is -2.16. The predicted octanol–water partition coefficient (Wildman–Crippen LogP) is 1.78. The maximum absolute atomic E-state index is 12.4. The number of amides is 1. The van der Waals surface area contributed by atoms with Gasteiger partial charge in [-0.3, -0.25) is 9.69 Å². The molecule has 23 heavy (non-hydrogen) atoms. The Kier molecular flexibility index (Phi) is 6.73. The van der Waals surface area contributed by atoms with E-state index in [-0.39, 0.29) is 18.5 Å². The number of nitrogens with one attached hydrogen (secondary N) is 1. The molecule has 7 heteroatoms. The van der Waals surface area contributed by atoms with Crippen LogP contribution < -0.4 is 10.1 Å². The summed E-state index contributed by atoms with van der Waals surface area (Å²) in [5, 5.41) is 2.89. The fourth-order valence-electron chi connectivity index (χ4n) is 2.55. The molecule has 1 aromatic carbocycles. The van der Waals surface area contributed by atoms with Gasteiger partial charge in [0.1, 0.15) is 12.4 Å². The molecule has 0 saturated carbocycles. The van der Waals surface area contributed by atoms with E-state index in [1.165, 1.54) is 0 Å². The number of nitrogens with zero attached hydrogens (tertiary/aromatic N) is 1. The Morgan fingerprint density at radius 1 is 1.43 bits per heavy atom. The van der Waals surface area contributed by atoms with Crippen LogP contribution in [0.5, 0.6) is 5.75 Å². The average molecular weight is 328 g/mol. The molecular weight excluding hydrogens is 306 g/mol. The number of alkyl halides is 2. The van der Waals surface area contributed by atoms with Crippen LogP contribution in [0.4, 0.5) is 8.78 Å². The van der Waals surface area contributed by atoms with Gasteiger partial charge in [0.05, 0.1) is 13.2 Å². The van der Waals surface area contributed by atoms with Gasteiger partial charge < -0.3 is 14.8 Å². The maximum atomic E-state index is 12.4. The zero-order chi connectivity index (χ0) is 16.7. The van der Waals surface area contributed by atoms with Crippen LogP contribution in [-0.4, -0.2) is 63.2 Å². The van der Waals surface area contributed by atoms with Crippen LogP contribution in [0.25, 0.3) is 0 Å². The molecule has 0 bridgehead atoms. The fourth-order valence-corrected chi connectivity index (χ4v) is 2.55. The van der Waals surface area contributed by atoms with E-state index >= 15 is 0 Å². The van der Waals surface area contributed by atoms with Crippen molar-refractivity contribution in [2.75, 3.05) is 40.0 Å². The number of carbonyl (C=O) groups is 1. The van der Waals surface area contributed by atoms with E-state index in [0.29, 0.717) is 44.0 Å². The van der Waals surface area contributed by atoms with E-state index in [4.69, 9.17) is 9.47 Å².